The number of para-hydroxylation sites is 1. The Morgan fingerprint density at radius 2 is 1.63 bits per heavy atom. The first-order valence-corrected chi connectivity index (χ1v) is 11.9. The fourth-order valence-corrected chi connectivity index (χ4v) is 4.84. The maximum atomic E-state index is 13.1. The number of likely N-dealkylation sites (tertiary alicyclic amines) is 1. The third kappa shape index (κ3) is 4.51. The molecule has 1 saturated heterocycles. The minimum atomic E-state index is -0.341. The van der Waals surface area contributed by atoms with E-state index in [1.54, 1.807) is 23.9 Å². The lowest BCUT2D eigenvalue weighted by molar-refractivity contribution is -0.146. The minimum Gasteiger partial charge on any atom is -0.340 e. The van der Waals surface area contributed by atoms with Crippen molar-refractivity contribution in [1.82, 2.24) is 19.6 Å². The quantitative estimate of drug-likeness (QED) is 0.386. The highest BCUT2D eigenvalue weighted by molar-refractivity contribution is 6.30. The molecule has 178 valence electrons. The van der Waals surface area contributed by atoms with Gasteiger partial charge in [-0.15, -0.1) is 0 Å². The van der Waals surface area contributed by atoms with Crippen molar-refractivity contribution < 1.29 is 14.4 Å². The maximum Gasteiger partial charge on any atom is 0.242 e. The zero-order valence-electron chi connectivity index (χ0n) is 19.3. The summed E-state index contributed by atoms with van der Waals surface area (Å²) in [6, 6.07) is 17.1. The SMILES string of the molecule is CN(Cc1cn(-c2ccccc2)nc1-c1ccc(Cl)cc1)C(=O)CN1C(=O)C2CC=CCC2C1=O. The maximum absolute atomic E-state index is 13.1. The van der Waals surface area contributed by atoms with Crippen LogP contribution in [0.15, 0.2) is 72.9 Å². The number of halogens is 1. The number of nitrogens with zero attached hydrogens (tertiary/aromatic N) is 4. The molecule has 0 N–H and O–H groups in total. The molecule has 1 aromatic heterocycles. The van der Waals surface area contributed by atoms with E-state index in [4.69, 9.17) is 16.7 Å². The van der Waals surface area contributed by atoms with E-state index in [1.807, 2.05) is 60.8 Å². The number of hydrogen-bond donors (Lipinski definition) is 0. The monoisotopic (exact) mass is 488 g/mol. The first kappa shape index (κ1) is 23.1. The average molecular weight is 489 g/mol. The molecule has 2 atom stereocenters. The first-order chi connectivity index (χ1) is 16.9. The zero-order chi connectivity index (χ0) is 24.5. The van der Waals surface area contributed by atoms with Crippen molar-refractivity contribution in [3.8, 4) is 16.9 Å². The van der Waals surface area contributed by atoms with E-state index in [9.17, 15) is 14.4 Å². The molecule has 7 nitrogen and oxygen atoms in total. The lowest BCUT2D eigenvalue weighted by Gasteiger charge is -2.21. The Balaban J connectivity index is 1.37. The Kier molecular flexibility index (Phi) is 6.26. The van der Waals surface area contributed by atoms with Gasteiger partial charge in [-0.3, -0.25) is 19.3 Å². The number of imide groups is 1. The Hall–Kier alpha value is -3.71. The van der Waals surface area contributed by atoms with Crippen LogP contribution in [-0.2, 0) is 20.9 Å². The van der Waals surface area contributed by atoms with Crippen LogP contribution >= 0.6 is 11.6 Å². The number of fused-ring (bicyclic) bond motifs is 1. The largest absolute Gasteiger partial charge is 0.340 e. The summed E-state index contributed by atoms with van der Waals surface area (Å²) in [5.74, 6) is -1.47. The van der Waals surface area contributed by atoms with E-state index in [-0.39, 0.29) is 42.6 Å². The molecule has 0 saturated carbocycles. The standard InChI is InChI=1S/C27H25ClN4O3/c1-30(24(33)17-31-26(34)22-9-5-6-10-23(22)27(31)35)15-19-16-32(21-7-3-2-4-8-21)29-25(19)18-11-13-20(28)14-12-18/h2-8,11-14,16,22-23H,9-10,15,17H2,1H3. The van der Waals surface area contributed by atoms with Crippen LogP contribution in [0.25, 0.3) is 16.9 Å². The van der Waals surface area contributed by atoms with Crippen LogP contribution in [0.4, 0.5) is 0 Å². The van der Waals surface area contributed by atoms with Crippen molar-refractivity contribution in [2.75, 3.05) is 13.6 Å². The molecule has 1 fully saturated rings. The summed E-state index contributed by atoms with van der Waals surface area (Å²) in [6.45, 7) is 0.0263. The number of carbonyl (C=O) groups excluding carboxylic acids is 3. The van der Waals surface area contributed by atoms with Crippen LogP contribution < -0.4 is 0 Å². The summed E-state index contributed by atoms with van der Waals surface area (Å²) in [6.07, 6.45) is 6.88. The summed E-state index contributed by atoms with van der Waals surface area (Å²) in [5, 5.41) is 5.40. The highest BCUT2D eigenvalue weighted by Gasteiger charge is 2.47. The van der Waals surface area contributed by atoms with E-state index in [1.165, 1.54) is 4.90 Å². The third-order valence-electron chi connectivity index (χ3n) is 6.65. The van der Waals surface area contributed by atoms with Crippen LogP contribution in [0.5, 0.6) is 0 Å². The Morgan fingerprint density at radius 3 is 2.26 bits per heavy atom. The van der Waals surface area contributed by atoms with Gasteiger partial charge < -0.3 is 4.90 Å². The van der Waals surface area contributed by atoms with Gasteiger partial charge >= 0.3 is 0 Å². The smallest absolute Gasteiger partial charge is 0.242 e. The van der Waals surface area contributed by atoms with Gasteiger partial charge in [0.15, 0.2) is 0 Å². The summed E-state index contributed by atoms with van der Waals surface area (Å²) >= 11 is 6.07. The van der Waals surface area contributed by atoms with Gasteiger partial charge in [0.05, 0.1) is 23.2 Å². The Bertz CT molecular complexity index is 1270. The number of amides is 3. The van der Waals surface area contributed by atoms with Gasteiger partial charge in [-0.1, -0.05) is 54.1 Å². The molecule has 35 heavy (non-hydrogen) atoms. The topological polar surface area (TPSA) is 75.5 Å². The van der Waals surface area contributed by atoms with Crippen molar-refractivity contribution >= 4 is 29.3 Å². The van der Waals surface area contributed by atoms with Crippen LogP contribution in [0.1, 0.15) is 18.4 Å². The molecule has 0 radical (unpaired) electrons. The van der Waals surface area contributed by atoms with E-state index < -0.39 is 0 Å². The lowest BCUT2D eigenvalue weighted by atomic mass is 9.85. The van der Waals surface area contributed by atoms with Crippen molar-refractivity contribution in [1.29, 1.82) is 0 Å². The van der Waals surface area contributed by atoms with Gasteiger partial charge in [-0.05, 0) is 37.1 Å². The molecular weight excluding hydrogens is 464 g/mol. The number of hydrogen-bond acceptors (Lipinski definition) is 4. The predicted molar refractivity (Wildman–Crippen MR) is 133 cm³/mol. The lowest BCUT2D eigenvalue weighted by Crippen LogP contribution is -2.41. The van der Waals surface area contributed by atoms with Crippen LogP contribution in [-0.4, -0.2) is 50.9 Å². The number of allylic oxidation sites excluding steroid dienone is 2. The molecule has 1 aliphatic carbocycles. The van der Waals surface area contributed by atoms with E-state index in [0.29, 0.717) is 17.9 Å². The number of rotatable bonds is 6. The van der Waals surface area contributed by atoms with Crippen LogP contribution in [0.3, 0.4) is 0 Å². The highest BCUT2D eigenvalue weighted by Crippen LogP contribution is 2.35. The van der Waals surface area contributed by atoms with Gasteiger partial charge in [0, 0.05) is 35.9 Å². The normalized spacial score (nSPS) is 19.2. The molecule has 5 rings (SSSR count). The van der Waals surface area contributed by atoms with Gasteiger partial charge in [0.2, 0.25) is 17.7 Å². The molecule has 8 heteroatoms. The zero-order valence-corrected chi connectivity index (χ0v) is 20.1. The Morgan fingerprint density at radius 1 is 1.00 bits per heavy atom. The molecular formula is C27H25ClN4O3. The molecule has 1 aliphatic heterocycles. The molecule has 0 bridgehead atoms. The number of benzene rings is 2. The number of carbonyl (C=O) groups is 3. The molecule has 0 spiro atoms. The van der Waals surface area contributed by atoms with Crippen molar-refractivity contribution in [3.05, 3.63) is 83.5 Å². The van der Waals surface area contributed by atoms with Crippen molar-refractivity contribution in [2.24, 2.45) is 11.8 Å². The molecule has 2 unspecified atom stereocenters. The number of likely N-dealkylation sites (N-methyl/N-ethyl adjacent to an activating group) is 1. The van der Waals surface area contributed by atoms with Gasteiger partial charge in [0.25, 0.3) is 0 Å². The fourth-order valence-electron chi connectivity index (χ4n) is 4.71. The van der Waals surface area contributed by atoms with Gasteiger partial charge in [-0.2, -0.15) is 5.10 Å². The summed E-state index contributed by atoms with van der Waals surface area (Å²) < 4.78 is 1.78. The average Bonchev–Trinajstić information content (AvgIpc) is 3.40. The van der Waals surface area contributed by atoms with E-state index in [0.717, 1.165) is 27.4 Å². The predicted octanol–water partition coefficient (Wildman–Crippen LogP) is 4.10. The Labute approximate surface area is 208 Å². The minimum absolute atomic E-state index is 0.246. The van der Waals surface area contributed by atoms with E-state index in [2.05, 4.69) is 0 Å². The second-order valence-corrected chi connectivity index (χ2v) is 9.39. The van der Waals surface area contributed by atoms with E-state index >= 15 is 0 Å². The molecule has 3 amide bonds. The van der Waals surface area contributed by atoms with Crippen LogP contribution in [0, 0.1) is 11.8 Å². The second kappa shape index (κ2) is 9.50. The highest BCUT2D eigenvalue weighted by atomic mass is 35.5. The number of aromatic nitrogens is 2. The van der Waals surface area contributed by atoms with Gasteiger partial charge in [-0.25, -0.2) is 4.68 Å². The molecule has 2 aromatic carbocycles. The van der Waals surface area contributed by atoms with Crippen molar-refractivity contribution in [3.63, 3.8) is 0 Å². The summed E-state index contributed by atoms with van der Waals surface area (Å²) in [7, 11) is 1.67. The second-order valence-electron chi connectivity index (χ2n) is 8.96. The summed E-state index contributed by atoms with van der Waals surface area (Å²) in [4.78, 5) is 41.3. The first-order valence-electron chi connectivity index (χ1n) is 11.6. The van der Waals surface area contributed by atoms with Crippen LogP contribution in [0.2, 0.25) is 5.02 Å². The molecule has 3 aromatic rings. The molecule has 2 aliphatic rings. The molecule has 2 heterocycles. The summed E-state index contributed by atoms with van der Waals surface area (Å²) in [5.41, 5.74) is 3.34. The third-order valence-corrected chi connectivity index (χ3v) is 6.91. The van der Waals surface area contributed by atoms with Gasteiger partial charge in [0.1, 0.15) is 6.54 Å². The van der Waals surface area contributed by atoms with Crippen molar-refractivity contribution in [2.45, 2.75) is 19.4 Å². The fraction of sp³-hybridized carbons (Fsp3) is 0.259.